The van der Waals surface area contributed by atoms with Gasteiger partial charge in [-0.15, -0.1) is 11.3 Å². The van der Waals surface area contributed by atoms with Crippen molar-refractivity contribution in [3.8, 4) is 5.75 Å². The van der Waals surface area contributed by atoms with Crippen molar-refractivity contribution >= 4 is 31.6 Å². The second-order valence-corrected chi connectivity index (χ2v) is 10.4. The Morgan fingerprint density at radius 3 is 2.44 bits per heavy atom. The van der Waals surface area contributed by atoms with E-state index in [0.29, 0.717) is 11.4 Å². The molecule has 0 aliphatic rings. The highest BCUT2D eigenvalue weighted by molar-refractivity contribution is 7.89. The van der Waals surface area contributed by atoms with Crippen LogP contribution in [0.4, 0.5) is 0 Å². The topological polar surface area (TPSA) is 94.3 Å². The smallest absolute Gasteiger partial charge is 0.241 e. The second kappa shape index (κ2) is 9.38. The number of nitrogens with two attached hydrogens (primary N) is 1. The summed E-state index contributed by atoms with van der Waals surface area (Å²) in [6.45, 7) is 1.93. The Morgan fingerprint density at radius 2 is 1.78 bits per heavy atom. The lowest BCUT2D eigenvalue weighted by molar-refractivity contribution is 0.415. The number of sulfonamides is 1. The van der Waals surface area contributed by atoms with Gasteiger partial charge in [0, 0.05) is 6.04 Å². The van der Waals surface area contributed by atoms with Gasteiger partial charge in [0.1, 0.15) is 10.8 Å². The van der Waals surface area contributed by atoms with Crippen LogP contribution in [0.5, 0.6) is 5.75 Å². The van der Waals surface area contributed by atoms with Crippen molar-refractivity contribution in [2.75, 3.05) is 7.11 Å². The minimum absolute atomic E-state index is 0.0596. The van der Waals surface area contributed by atoms with E-state index in [0.717, 1.165) is 27.1 Å². The van der Waals surface area contributed by atoms with E-state index in [4.69, 9.17) is 15.5 Å². The summed E-state index contributed by atoms with van der Waals surface area (Å²) in [4.78, 5) is 4.95. The molecule has 8 heteroatoms. The predicted molar refractivity (Wildman–Crippen MR) is 128 cm³/mol. The first-order valence-corrected chi connectivity index (χ1v) is 12.5. The average Bonchev–Trinajstić information content (AvgIpc) is 3.23. The lowest BCUT2D eigenvalue weighted by Gasteiger charge is -2.17. The molecule has 0 radical (unpaired) electrons. The average molecular weight is 468 g/mol. The van der Waals surface area contributed by atoms with Crippen LogP contribution in [0.1, 0.15) is 35.1 Å². The molecular weight excluding hydrogens is 442 g/mol. The van der Waals surface area contributed by atoms with E-state index >= 15 is 0 Å². The third-order valence-corrected chi connectivity index (χ3v) is 7.83. The third kappa shape index (κ3) is 4.99. The predicted octanol–water partition coefficient (Wildman–Crippen LogP) is 4.59. The summed E-state index contributed by atoms with van der Waals surface area (Å²) in [5.74, 6) is 0.737. The van der Waals surface area contributed by atoms with E-state index in [1.165, 1.54) is 11.3 Å². The number of fused-ring (bicyclic) bond motifs is 1. The number of thiazole rings is 1. The summed E-state index contributed by atoms with van der Waals surface area (Å²) in [7, 11) is -2.11. The van der Waals surface area contributed by atoms with Gasteiger partial charge in [0.25, 0.3) is 0 Å². The molecule has 0 aliphatic carbocycles. The molecule has 3 N–H and O–H groups in total. The van der Waals surface area contributed by atoms with E-state index in [1.54, 1.807) is 37.4 Å². The quantitative estimate of drug-likeness (QED) is 0.395. The second-order valence-electron chi connectivity index (χ2n) is 7.61. The van der Waals surface area contributed by atoms with Crippen LogP contribution in [0.25, 0.3) is 10.2 Å². The van der Waals surface area contributed by atoms with Crippen molar-refractivity contribution < 1.29 is 13.2 Å². The van der Waals surface area contributed by atoms with Gasteiger partial charge in [-0.1, -0.05) is 42.5 Å². The minimum Gasteiger partial charge on any atom is -0.497 e. The molecule has 0 spiro atoms. The molecular formula is C24H25N3O3S2. The summed E-state index contributed by atoms with van der Waals surface area (Å²) in [5, 5.41) is 0.698. The van der Waals surface area contributed by atoms with Crippen molar-refractivity contribution in [3.63, 3.8) is 0 Å². The zero-order chi connectivity index (χ0) is 22.7. The highest BCUT2D eigenvalue weighted by Gasteiger charge is 2.24. The first-order chi connectivity index (χ1) is 15.4. The van der Waals surface area contributed by atoms with Crippen LogP contribution >= 0.6 is 11.3 Å². The van der Waals surface area contributed by atoms with E-state index < -0.39 is 16.1 Å². The van der Waals surface area contributed by atoms with E-state index in [1.807, 2.05) is 49.4 Å². The first kappa shape index (κ1) is 22.4. The van der Waals surface area contributed by atoms with E-state index in [2.05, 4.69) is 4.72 Å². The molecule has 1 aromatic heterocycles. The van der Waals surface area contributed by atoms with Gasteiger partial charge < -0.3 is 10.5 Å². The summed E-state index contributed by atoms with van der Waals surface area (Å²) in [6.07, 6.45) is 0.461. The molecule has 1 heterocycles. The van der Waals surface area contributed by atoms with Gasteiger partial charge >= 0.3 is 0 Å². The molecule has 4 aromatic rings. The number of rotatable bonds is 8. The fourth-order valence-electron chi connectivity index (χ4n) is 3.43. The molecule has 2 atom stereocenters. The number of aromatic nitrogens is 1. The molecule has 0 bridgehead atoms. The van der Waals surface area contributed by atoms with Crippen LogP contribution in [0.3, 0.4) is 0 Å². The molecule has 3 aromatic carbocycles. The zero-order valence-electron chi connectivity index (χ0n) is 17.9. The fourth-order valence-corrected chi connectivity index (χ4v) is 5.77. The lowest BCUT2D eigenvalue weighted by Crippen LogP contribution is -2.30. The molecule has 0 amide bonds. The number of nitrogens with zero attached hydrogens (tertiary/aromatic N) is 1. The maximum absolute atomic E-state index is 13.1. The molecule has 6 nitrogen and oxygen atoms in total. The Bertz CT molecular complexity index is 1300. The standard InChI is InChI=1S/C24H25N3O3S2/c1-16(25)18-10-8-17(9-11-18)14-22(27-32(28,29)20-6-4-3-5-7-20)24-26-21-13-12-19(30-2)15-23(21)31-24/h3-13,15-16,22,27H,14,25H2,1-2H3/t16?,22-/m1/s1. The number of methoxy groups -OCH3 is 1. The Hall–Kier alpha value is -2.78. The highest BCUT2D eigenvalue weighted by atomic mass is 32.2. The number of hydrogen-bond donors (Lipinski definition) is 2. The van der Waals surface area contributed by atoms with Gasteiger partial charge in [-0.3, -0.25) is 0 Å². The molecule has 32 heavy (non-hydrogen) atoms. The largest absolute Gasteiger partial charge is 0.497 e. The maximum Gasteiger partial charge on any atom is 0.241 e. The molecule has 0 saturated carbocycles. The molecule has 1 unspecified atom stereocenters. The van der Waals surface area contributed by atoms with Gasteiger partial charge in [0.2, 0.25) is 10.0 Å². The Kier molecular flexibility index (Phi) is 6.57. The van der Waals surface area contributed by atoms with E-state index in [9.17, 15) is 8.42 Å². The first-order valence-electron chi connectivity index (χ1n) is 10.2. The Balaban J connectivity index is 1.70. The van der Waals surface area contributed by atoms with Crippen molar-refractivity contribution in [1.29, 1.82) is 0 Å². The number of nitrogens with one attached hydrogen (secondary N) is 1. The normalized spacial score (nSPS) is 13.7. The summed E-state index contributed by atoms with van der Waals surface area (Å²) >= 11 is 1.46. The summed E-state index contributed by atoms with van der Waals surface area (Å²) in [5.41, 5.74) is 8.79. The van der Waals surface area contributed by atoms with Crippen LogP contribution < -0.4 is 15.2 Å². The van der Waals surface area contributed by atoms with Crippen LogP contribution in [0, 0.1) is 0 Å². The molecule has 0 aliphatic heterocycles. The van der Waals surface area contributed by atoms with Crippen LogP contribution in [-0.2, 0) is 16.4 Å². The monoisotopic (exact) mass is 467 g/mol. The van der Waals surface area contributed by atoms with Crippen LogP contribution in [0.2, 0.25) is 0 Å². The minimum atomic E-state index is -3.73. The summed E-state index contributed by atoms with van der Waals surface area (Å²) in [6, 6.07) is 21.4. The van der Waals surface area contributed by atoms with Gasteiger partial charge in [-0.2, -0.15) is 0 Å². The number of ether oxygens (including phenoxy) is 1. The molecule has 0 saturated heterocycles. The van der Waals surface area contributed by atoms with Crippen molar-refractivity contribution in [2.45, 2.75) is 30.3 Å². The van der Waals surface area contributed by atoms with Gasteiger partial charge in [0.15, 0.2) is 0 Å². The molecule has 166 valence electrons. The van der Waals surface area contributed by atoms with Gasteiger partial charge in [0.05, 0.1) is 28.3 Å². The number of hydrogen-bond acceptors (Lipinski definition) is 6. The number of benzene rings is 3. The van der Waals surface area contributed by atoms with Gasteiger partial charge in [-0.25, -0.2) is 18.1 Å². The lowest BCUT2D eigenvalue weighted by atomic mass is 10.0. The Labute approximate surface area is 192 Å². The molecule has 4 rings (SSSR count). The summed E-state index contributed by atoms with van der Waals surface area (Å²) < 4.78 is 35.3. The van der Waals surface area contributed by atoms with Gasteiger partial charge in [-0.05, 0) is 54.8 Å². The maximum atomic E-state index is 13.1. The molecule has 0 fully saturated rings. The van der Waals surface area contributed by atoms with Crippen molar-refractivity contribution in [1.82, 2.24) is 9.71 Å². The SMILES string of the molecule is COc1ccc2nc([C@@H](Cc3ccc(C(C)N)cc3)NS(=O)(=O)c3ccccc3)sc2c1. The highest BCUT2D eigenvalue weighted by Crippen LogP contribution is 2.32. The van der Waals surface area contributed by atoms with Crippen LogP contribution in [0.15, 0.2) is 77.7 Å². The van der Waals surface area contributed by atoms with E-state index in [-0.39, 0.29) is 10.9 Å². The van der Waals surface area contributed by atoms with Crippen LogP contribution in [-0.4, -0.2) is 20.5 Å². The fraction of sp³-hybridized carbons (Fsp3) is 0.208. The van der Waals surface area contributed by atoms with Crippen molar-refractivity contribution in [3.05, 3.63) is 88.9 Å². The zero-order valence-corrected chi connectivity index (χ0v) is 19.5. The third-order valence-electron chi connectivity index (χ3n) is 5.21. The van der Waals surface area contributed by atoms with Crippen molar-refractivity contribution in [2.24, 2.45) is 5.73 Å². The Morgan fingerprint density at radius 1 is 1.06 bits per heavy atom.